The molecule has 0 bridgehead atoms. The molecule has 18 heavy (non-hydrogen) atoms. The van der Waals surface area contributed by atoms with Crippen LogP contribution in [0.3, 0.4) is 0 Å². The van der Waals surface area contributed by atoms with Crippen LogP contribution < -0.4 is 10.2 Å². The minimum absolute atomic E-state index is 1.15. The van der Waals surface area contributed by atoms with Gasteiger partial charge in [0.25, 0.3) is 0 Å². The van der Waals surface area contributed by atoms with Gasteiger partial charge in [-0.3, -0.25) is 0 Å². The zero-order chi connectivity index (χ0) is 12.6. The molecule has 0 spiro atoms. The summed E-state index contributed by atoms with van der Waals surface area (Å²) < 4.78 is 0. The molecule has 0 radical (unpaired) electrons. The first kappa shape index (κ1) is 13.4. The maximum atomic E-state index is 3.39. The van der Waals surface area contributed by atoms with Crippen LogP contribution in [-0.2, 0) is 0 Å². The molecular formula is C15H25N3. The fourth-order valence-corrected chi connectivity index (χ4v) is 2.43. The molecule has 0 unspecified atom stereocenters. The van der Waals surface area contributed by atoms with Gasteiger partial charge in [0.15, 0.2) is 0 Å². The van der Waals surface area contributed by atoms with Gasteiger partial charge in [0.1, 0.15) is 0 Å². The normalized spacial score (nSPS) is 16.7. The third kappa shape index (κ3) is 4.31. The number of hydrogen-bond donors (Lipinski definition) is 1. The van der Waals surface area contributed by atoms with Crippen molar-refractivity contribution in [1.29, 1.82) is 0 Å². The van der Waals surface area contributed by atoms with Gasteiger partial charge in [0.2, 0.25) is 0 Å². The van der Waals surface area contributed by atoms with Crippen LogP contribution in [0.25, 0.3) is 0 Å². The summed E-state index contributed by atoms with van der Waals surface area (Å²) in [4.78, 5) is 4.91. The number of anilines is 1. The Bertz CT molecular complexity index is 320. The molecule has 1 aliphatic heterocycles. The van der Waals surface area contributed by atoms with Crippen molar-refractivity contribution in [2.24, 2.45) is 0 Å². The monoisotopic (exact) mass is 247 g/mol. The predicted octanol–water partition coefficient (Wildman–Crippen LogP) is 1.81. The number of hydrogen-bond acceptors (Lipinski definition) is 3. The molecular weight excluding hydrogens is 222 g/mol. The zero-order valence-corrected chi connectivity index (χ0v) is 11.4. The largest absolute Gasteiger partial charge is 0.375 e. The van der Waals surface area contributed by atoms with Crippen LogP contribution in [0.15, 0.2) is 30.3 Å². The molecule has 100 valence electrons. The van der Waals surface area contributed by atoms with E-state index in [4.69, 9.17) is 0 Å². The standard InChI is InChI=1S/C15H25N3/c1-17(15-7-3-2-4-8-15)11-5-6-12-18-13-9-16-10-14-18/h2-4,7-8,16H,5-6,9-14H2,1H3. The lowest BCUT2D eigenvalue weighted by atomic mass is 10.2. The zero-order valence-electron chi connectivity index (χ0n) is 11.4. The second-order valence-corrected chi connectivity index (χ2v) is 5.06. The maximum Gasteiger partial charge on any atom is 0.0363 e. The van der Waals surface area contributed by atoms with E-state index in [0.717, 1.165) is 19.6 Å². The SMILES string of the molecule is CN(CCCCN1CCNCC1)c1ccccc1. The van der Waals surface area contributed by atoms with E-state index in [9.17, 15) is 0 Å². The first-order chi connectivity index (χ1) is 8.86. The predicted molar refractivity (Wildman–Crippen MR) is 78.3 cm³/mol. The summed E-state index contributed by atoms with van der Waals surface area (Å²) in [5.74, 6) is 0. The molecule has 3 heteroatoms. The summed E-state index contributed by atoms with van der Waals surface area (Å²) in [5.41, 5.74) is 1.32. The highest BCUT2D eigenvalue weighted by Crippen LogP contribution is 2.11. The Kier molecular flexibility index (Phi) is 5.49. The average Bonchev–Trinajstić information content (AvgIpc) is 2.45. The van der Waals surface area contributed by atoms with Crippen molar-refractivity contribution >= 4 is 5.69 Å². The van der Waals surface area contributed by atoms with E-state index < -0.39 is 0 Å². The molecule has 1 aromatic carbocycles. The fourth-order valence-electron chi connectivity index (χ4n) is 2.43. The number of nitrogens with one attached hydrogen (secondary N) is 1. The minimum Gasteiger partial charge on any atom is -0.375 e. The van der Waals surface area contributed by atoms with Gasteiger partial charge < -0.3 is 15.1 Å². The van der Waals surface area contributed by atoms with Crippen LogP contribution in [-0.4, -0.2) is 51.2 Å². The Balaban J connectivity index is 1.60. The number of benzene rings is 1. The first-order valence-electron chi connectivity index (χ1n) is 7.05. The van der Waals surface area contributed by atoms with E-state index in [1.807, 2.05) is 0 Å². The summed E-state index contributed by atoms with van der Waals surface area (Å²) in [6.07, 6.45) is 2.58. The topological polar surface area (TPSA) is 18.5 Å². The number of piperazine rings is 1. The molecule has 1 aromatic rings. The Morgan fingerprint density at radius 3 is 2.56 bits per heavy atom. The van der Waals surface area contributed by atoms with Crippen molar-refractivity contribution in [2.75, 3.05) is 51.2 Å². The molecule has 0 aliphatic carbocycles. The summed E-state index contributed by atoms with van der Waals surface area (Å²) in [7, 11) is 2.18. The van der Waals surface area contributed by atoms with Crippen molar-refractivity contribution in [3.63, 3.8) is 0 Å². The number of unbranched alkanes of at least 4 members (excludes halogenated alkanes) is 1. The quantitative estimate of drug-likeness (QED) is 0.774. The molecule has 1 aliphatic rings. The molecule has 0 aromatic heterocycles. The third-order valence-electron chi connectivity index (χ3n) is 3.62. The van der Waals surface area contributed by atoms with Gasteiger partial charge in [-0.05, 0) is 31.5 Å². The van der Waals surface area contributed by atoms with E-state index in [-0.39, 0.29) is 0 Å². The summed E-state index contributed by atoms with van der Waals surface area (Å²) in [5, 5.41) is 3.39. The smallest absolute Gasteiger partial charge is 0.0363 e. The molecule has 1 heterocycles. The van der Waals surface area contributed by atoms with Gasteiger partial charge in [-0.15, -0.1) is 0 Å². The second-order valence-electron chi connectivity index (χ2n) is 5.06. The molecule has 0 atom stereocenters. The lowest BCUT2D eigenvalue weighted by Crippen LogP contribution is -2.43. The molecule has 3 nitrogen and oxygen atoms in total. The van der Waals surface area contributed by atoms with Crippen LogP contribution in [0.1, 0.15) is 12.8 Å². The number of rotatable bonds is 6. The Labute approximate surface area is 111 Å². The summed E-state index contributed by atoms with van der Waals surface area (Å²) >= 11 is 0. The van der Waals surface area contributed by atoms with E-state index >= 15 is 0 Å². The maximum absolute atomic E-state index is 3.39. The molecule has 1 saturated heterocycles. The van der Waals surface area contributed by atoms with E-state index in [0.29, 0.717) is 0 Å². The van der Waals surface area contributed by atoms with Crippen molar-refractivity contribution < 1.29 is 0 Å². The molecule has 1 N–H and O–H groups in total. The Morgan fingerprint density at radius 1 is 1.11 bits per heavy atom. The number of para-hydroxylation sites is 1. The molecule has 1 fully saturated rings. The van der Waals surface area contributed by atoms with Crippen molar-refractivity contribution in [2.45, 2.75) is 12.8 Å². The van der Waals surface area contributed by atoms with E-state index in [1.165, 1.54) is 38.2 Å². The van der Waals surface area contributed by atoms with E-state index in [2.05, 4.69) is 52.5 Å². The first-order valence-corrected chi connectivity index (χ1v) is 7.05. The van der Waals surface area contributed by atoms with Gasteiger partial charge in [-0.25, -0.2) is 0 Å². The highest BCUT2D eigenvalue weighted by atomic mass is 15.2. The minimum atomic E-state index is 1.15. The second kappa shape index (κ2) is 7.39. The van der Waals surface area contributed by atoms with Gasteiger partial charge in [0.05, 0.1) is 0 Å². The van der Waals surface area contributed by atoms with Crippen molar-refractivity contribution in [3.8, 4) is 0 Å². The van der Waals surface area contributed by atoms with Crippen LogP contribution in [0.4, 0.5) is 5.69 Å². The van der Waals surface area contributed by atoms with Gasteiger partial charge in [-0.1, -0.05) is 18.2 Å². The van der Waals surface area contributed by atoms with E-state index in [1.54, 1.807) is 0 Å². The van der Waals surface area contributed by atoms with Crippen LogP contribution >= 0.6 is 0 Å². The number of nitrogens with zero attached hydrogens (tertiary/aromatic N) is 2. The van der Waals surface area contributed by atoms with Crippen LogP contribution in [0, 0.1) is 0 Å². The fraction of sp³-hybridized carbons (Fsp3) is 0.600. The van der Waals surface area contributed by atoms with Gasteiger partial charge in [-0.2, -0.15) is 0 Å². The Hall–Kier alpha value is -1.06. The molecule has 0 saturated carbocycles. The van der Waals surface area contributed by atoms with Gasteiger partial charge >= 0.3 is 0 Å². The van der Waals surface area contributed by atoms with Crippen LogP contribution in [0.5, 0.6) is 0 Å². The van der Waals surface area contributed by atoms with Crippen molar-refractivity contribution in [3.05, 3.63) is 30.3 Å². The lowest BCUT2D eigenvalue weighted by molar-refractivity contribution is 0.237. The van der Waals surface area contributed by atoms with Gasteiger partial charge in [0, 0.05) is 45.5 Å². The Morgan fingerprint density at radius 2 is 1.83 bits per heavy atom. The summed E-state index contributed by atoms with van der Waals surface area (Å²) in [6.45, 7) is 7.15. The molecule has 2 rings (SSSR count). The lowest BCUT2D eigenvalue weighted by Gasteiger charge is -2.27. The van der Waals surface area contributed by atoms with Crippen molar-refractivity contribution in [1.82, 2.24) is 10.2 Å². The average molecular weight is 247 g/mol. The summed E-state index contributed by atoms with van der Waals surface area (Å²) in [6, 6.07) is 10.6. The molecule has 0 amide bonds. The third-order valence-corrected chi connectivity index (χ3v) is 3.62. The highest BCUT2D eigenvalue weighted by molar-refractivity contribution is 5.44. The van der Waals surface area contributed by atoms with Crippen LogP contribution in [0.2, 0.25) is 0 Å². The highest BCUT2D eigenvalue weighted by Gasteiger charge is 2.08.